The van der Waals surface area contributed by atoms with E-state index in [1.165, 1.54) is 19.4 Å². The smallest absolute Gasteiger partial charge is 0.325 e. The zero-order valence-electron chi connectivity index (χ0n) is 10.5. The SMILES string of the molecule is CN(c1ccccn1)S(=O)(=O)c1cnn(CC(=O)O)c1. The predicted octanol–water partition coefficient (Wildman–Crippen LogP) is 0.188. The number of hydrogen-bond donors (Lipinski definition) is 1. The predicted molar refractivity (Wildman–Crippen MR) is 69.7 cm³/mol. The Hall–Kier alpha value is -2.42. The van der Waals surface area contributed by atoms with E-state index in [1.54, 1.807) is 18.2 Å². The molecule has 2 heterocycles. The first-order chi connectivity index (χ1) is 9.41. The van der Waals surface area contributed by atoms with Crippen LogP contribution < -0.4 is 4.31 Å². The normalized spacial score (nSPS) is 11.2. The van der Waals surface area contributed by atoms with Crippen molar-refractivity contribution in [1.82, 2.24) is 14.8 Å². The van der Waals surface area contributed by atoms with E-state index in [4.69, 9.17) is 5.11 Å². The molecular weight excluding hydrogens is 284 g/mol. The standard InChI is InChI=1S/C11H12N4O4S/c1-14(10-4-2-3-5-12-10)20(18,19)9-6-13-15(7-9)8-11(16)17/h2-7H,8H2,1H3,(H,16,17). The summed E-state index contributed by atoms with van der Waals surface area (Å²) < 4.78 is 26.7. The molecule has 0 aliphatic heterocycles. The van der Waals surface area contributed by atoms with E-state index in [9.17, 15) is 13.2 Å². The van der Waals surface area contributed by atoms with Gasteiger partial charge in [0.1, 0.15) is 17.3 Å². The highest BCUT2D eigenvalue weighted by Crippen LogP contribution is 2.18. The van der Waals surface area contributed by atoms with Crippen molar-refractivity contribution in [3.8, 4) is 0 Å². The van der Waals surface area contributed by atoms with Crippen LogP contribution in [0.5, 0.6) is 0 Å². The molecule has 1 N–H and O–H groups in total. The highest BCUT2D eigenvalue weighted by molar-refractivity contribution is 7.92. The van der Waals surface area contributed by atoms with Gasteiger partial charge in [0.2, 0.25) is 0 Å². The maximum Gasteiger partial charge on any atom is 0.325 e. The molecule has 0 spiro atoms. The number of anilines is 1. The molecule has 106 valence electrons. The Kier molecular flexibility index (Phi) is 3.70. The average molecular weight is 296 g/mol. The Bertz CT molecular complexity index is 711. The number of nitrogens with zero attached hydrogens (tertiary/aromatic N) is 4. The molecule has 0 saturated heterocycles. The van der Waals surface area contributed by atoms with Gasteiger partial charge in [-0.25, -0.2) is 13.4 Å². The van der Waals surface area contributed by atoms with Crippen molar-refractivity contribution in [2.75, 3.05) is 11.4 Å². The molecule has 0 aliphatic carbocycles. The number of aliphatic carboxylic acids is 1. The van der Waals surface area contributed by atoms with Crippen molar-refractivity contribution in [2.24, 2.45) is 0 Å². The number of rotatable bonds is 5. The third-order valence-electron chi connectivity index (χ3n) is 2.54. The largest absolute Gasteiger partial charge is 0.480 e. The topological polar surface area (TPSA) is 105 Å². The van der Waals surface area contributed by atoms with E-state index in [0.29, 0.717) is 0 Å². The summed E-state index contributed by atoms with van der Waals surface area (Å²) in [6.07, 6.45) is 3.76. The lowest BCUT2D eigenvalue weighted by molar-refractivity contribution is -0.137. The van der Waals surface area contributed by atoms with Gasteiger partial charge in [0.05, 0.1) is 6.20 Å². The number of hydrogen-bond acceptors (Lipinski definition) is 5. The van der Waals surface area contributed by atoms with E-state index in [1.807, 2.05) is 0 Å². The third-order valence-corrected chi connectivity index (χ3v) is 4.25. The number of carbonyl (C=O) groups is 1. The minimum Gasteiger partial charge on any atom is -0.480 e. The molecule has 2 aromatic heterocycles. The minimum absolute atomic E-state index is 0.0908. The summed E-state index contributed by atoms with van der Waals surface area (Å²) in [5.41, 5.74) is 0. The molecule has 2 rings (SSSR count). The van der Waals surface area contributed by atoms with Crippen LogP contribution in [0.3, 0.4) is 0 Å². The van der Waals surface area contributed by atoms with Gasteiger partial charge in [0.25, 0.3) is 10.0 Å². The second-order valence-electron chi connectivity index (χ2n) is 3.93. The first-order valence-electron chi connectivity index (χ1n) is 5.55. The quantitative estimate of drug-likeness (QED) is 0.844. The number of pyridine rings is 1. The summed E-state index contributed by atoms with van der Waals surface area (Å²) in [7, 11) is -2.45. The van der Waals surface area contributed by atoms with Crippen molar-refractivity contribution in [2.45, 2.75) is 11.4 Å². The lowest BCUT2D eigenvalue weighted by Gasteiger charge is -2.16. The Morgan fingerprint density at radius 2 is 2.20 bits per heavy atom. The Labute approximate surface area is 115 Å². The molecule has 20 heavy (non-hydrogen) atoms. The summed E-state index contributed by atoms with van der Waals surface area (Å²) in [6.45, 7) is -0.400. The van der Waals surface area contributed by atoms with Crippen LogP contribution in [0.1, 0.15) is 0 Å². The van der Waals surface area contributed by atoms with Gasteiger partial charge >= 0.3 is 5.97 Å². The summed E-state index contributed by atoms with van der Waals surface area (Å²) >= 11 is 0. The van der Waals surface area contributed by atoms with Crippen LogP contribution in [0, 0.1) is 0 Å². The van der Waals surface area contributed by atoms with Crippen LogP contribution in [0.4, 0.5) is 5.82 Å². The second kappa shape index (κ2) is 5.29. The molecule has 0 unspecified atom stereocenters. The second-order valence-corrected chi connectivity index (χ2v) is 5.90. The lowest BCUT2D eigenvalue weighted by atomic mass is 10.5. The zero-order chi connectivity index (χ0) is 14.8. The van der Waals surface area contributed by atoms with Gasteiger partial charge in [0, 0.05) is 19.4 Å². The summed E-state index contributed by atoms with van der Waals surface area (Å²) in [6, 6.07) is 4.90. The molecule has 0 fully saturated rings. The first-order valence-corrected chi connectivity index (χ1v) is 6.99. The highest BCUT2D eigenvalue weighted by atomic mass is 32.2. The van der Waals surface area contributed by atoms with Crippen molar-refractivity contribution >= 4 is 21.8 Å². The summed E-state index contributed by atoms with van der Waals surface area (Å²) in [5, 5.41) is 12.3. The average Bonchev–Trinajstić information content (AvgIpc) is 2.87. The maximum atomic E-state index is 12.3. The van der Waals surface area contributed by atoms with Crippen molar-refractivity contribution in [1.29, 1.82) is 0 Å². The molecule has 9 heteroatoms. The highest BCUT2D eigenvalue weighted by Gasteiger charge is 2.24. The van der Waals surface area contributed by atoms with Crippen LogP contribution in [0.25, 0.3) is 0 Å². The minimum atomic E-state index is -3.81. The molecule has 0 radical (unpaired) electrons. The molecule has 0 bridgehead atoms. The van der Waals surface area contributed by atoms with Crippen molar-refractivity contribution < 1.29 is 18.3 Å². The fourth-order valence-corrected chi connectivity index (χ4v) is 2.63. The summed E-state index contributed by atoms with van der Waals surface area (Å²) in [5.74, 6) is -0.839. The van der Waals surface area contributed by atoms with Gasteiger partial charge in [-0.2, -0.15) is 5.10 Å². The van der Waals surface area contributed by atoms with Gasteiger partial charge in [-0.3, -0.25) is 13.8 Å². The van der Waals surface area contributed by atoms with E-state index < -0.39 is 22.5 Å². The van der Waals surface area contributed by atoms with Gasteiger partial charge in [-0.1, -0.05) is 6.07 Å². The number of aromatic nitrogens is 3. The van der Waals surface area contributed by atoms with Crippen LogP contribution in [0.2, 0.25) is 0 Å². The molecule has 0 atom stereocenters. The van der Waals surface area contributed by atoms with Crippen LogP contribution >= 0.6 is 0 Å². The van der Waals surface area contributed by atoms with Crippen LogP contribution in [-0.4, -0.2) is 41.3 Å². The molecule has 0 saturated carbocycles. The van der Waals surface area contributed by atoms with Gasteiger partial charge in [0.15, 0.2) is 0 Å². The van der Waals surface area contributed by atoms with Gasteiger partial charge in [-0.15, -0.1) is 0 Å². The molecule has 0 aromatic carbocycles. The van der Waals surface area contributed by atoms with Gasteiger partial charge < -0.3 is 5.11 Å². The van der Waals surface area contributed by atoms with Crippen LogP contribution in [-0.2, 0) is 21.4 Å². The maximum absolute atomic E-state index is 12.3. The molecular formula is C11H12N4O4S. The first kappa shape index (κ1) is 14.0. The van der Waals surface area contributed by atoms with E-state index >= 15 is 0 Å². The van der Waals surface area contributed by atoms with Gasteiger partial charge in [-0.05, 0) is 12.1 Å². The van der Waals surface area contributed by atoms with E-state index in [-0.39, 0.29) is 10.7 Å². The molecule has 0 amide bonds. The van der Waals surface area contributed by atoms with Crippen LogP contribution in [0.15, 0.2) is 41.7 Å². The molecule has 2 aromatic rings. The number of sulfonamides is 1. The Balaban J connectivity index is 2.31. The fourth-order valence-electron chi connectivity index (χ4n) is 1.52. The Morgan fingerprint density at radius 3 is 2.80 bits per heavy atom. The van der Waals surface area contributed by atoms with Crippen molar-refractivity contribution in [3.63, 3.8) is 0 Å². The van der Waals surface area contributed by atoms with Crippen molar-refractivity contribution in [3.05, 3.63) is 36.8 Å². The monoisotopic (exact) mass is 296 g/mol. The molecule has 8 nitrogen and oxygen atoms in total. The fraction of sp³-hybridized carbons (Fsp3) is 0.182. The van der Waals surface area contributed by atoms with E-state index in [0.717, 1.165) is 15.2 Å². The number of carboxylic acid groups (broad SMARTS) is 1. The lowest BCUT2D eigenvalue weighted by Crippen LogP contribution is -2.27. The third kappa shape index (κ3) is 2.77. The molecule has 0 aliphatic rings. The Morgan fingerprint density at radius 1 is 1.45 bits per heavy atom. The zero-order valence-corrected chi connectivity index (χ0v) is 11.4. The summed E-state index contributed by atoms with van der Waals surface area (Å²) in [4.78, 5) is 14.4. The number of carboxylic acids is 1. The van der Waals surface area contributed by atoms with E-state index in [2.05, 4.69) is 10.1 Å².